The first kappa shape index (κ1) is 9.05. The molecule has 0 fully saturated rings. The van der Waals surface area contributed by atoms with Gasteiger partial charge in [0.1, 0.15) is 0 Å². The Kier molecular flexibility index (Phi) is 3.59. The van der Waals surface area contributed by atoms with Gasteiger partial charge in [0, 0.05) is 0 Å². The van der Waals surface area contributed by atoms with E-state index in [1.165, 1.54) is 12.0 Å². The van der Waals surface area contributed by atoms with Crippen LogP contribution in [0.1, 0.15) is 18.9 Å². The average molecular weight is 160 g/mol. The van der Waals surface area contributed by atoms with E-state index < -0.39 is 0 Å². The Hall–Kier alpha value is -1.04. The lowest BCUT2D eigenvalue weighted by molar-refractivity contribution is 0.649. The number of hydrogen-bond acceptors (Lipinski definition) is 0. The molecule has 0 heterocycles. The molecule has 1 rings (SSSR count). The molecule has 64 valence electrons. The van der Waals surface area contributed by atoms with Gasteiger partial charge in [0.25, 0.3) is 0 Å². The zero-order valence-electron chi connectivity index (χ0n) is 7.66. The molecule has 0 heteroatoms. The van der Waals surface area contributed by atoms with Crippen LogP contribution in [0.4, 0.5) is 0 Å². The van der Waals surface area contributed by atoms with Crippen LogP contribution in [0, 0.1) is 5.92 Å². The van der Waals surface area contributed by atoms with Crippen LogP contribution in [0.2, 0.25) is 0 Å². The maximum absolute atomic E-state index is 3.77. The molecule has 0 radical (unpaired) electrons. The summed E-state index contributed by atoms with van der Waals surface area (Å²) in [5, 5.41) is 0. The number of hydrogen-bond donors (Lipinski definition) is 0. The van der Waals surface area contributed by atoms with E-state index in [0.29, 0.717) is 5.92 Å². The fourth-order valence-corrected chi connectivity index (χ4v) is 1.16. The SMILES string of the molecule is C=C[C@H](C)CCc1ccccc1. The smallest absolute Gasteiger partial charge is 0.0261 e. The van der Waals surface area contributed by atoms with E-state index in [2.05, 4.69) is 43.8 Å². The van der Waals surface area contributed by atoms with Gasteiger partial charge in [-0.05, 0) is 24.3 Å². The lowest BCUT2D eigenvalue weighted by Crippen LogP contribution is -1.92. The van der Waals surface area contributed by atoms with Crippen LogP contribution in [0.3, 0.4) is 0 Å². The van der Waals surface area contributed by atoms with E-state index in [1.54, 1.807) is 0 Å². The zero-order valence-corrected chi connectivity index (χ0v) is 7.66. The Labute approximate surface area is 74.9 Å². The molecule has 1 atom stereocenters. The molecule has 0 bridgehead atoms. The second-order valence-electron chi connectivity index (χ2n) is 3.24. The van der Waals surface area contributed by atoms with Crippen molar-refractivity contribution in [3.63, 3.8) is 0 Å². The summed E-state index contributed by atoms with van der Waals surface area (Å²) in [7, 11) is 0. The van der Waals surface area contributed by atoms with Crippen molar-refractivity contribution in [2.45, 2.75) is 19.8 Å². The van der Waals surface area contributed by atoms with E-state index >= 15 is 0 Å². The molecule has 0 aromatic heterocycles. The van der Waals surface area contributed by atoms with Crippen LogP contribution in [0.25, 0.3) is 0 Å². The molecule has 0 aliphatic heterocycles. The third-order valence-corrected chi connectivity index (χ3v) is 2.13. The standard InChI is InChI=1S/C12H16/c1-3-11(2)9-10-12-7-5-4-6-8-12/h3-8,11H,1,9-10H2,2H3/t11-/m0/s1. The van der Waals surface area contributed by atoms with Crippen LogP contribution in [-0.2, 0) is 6.42 Å². The van der Waals surface area contributed by atoms with E-state index in [1.807, 2.05) is 6.08 Å². The van der Waals surface area contributed by atoms with E-state index in [4.69, 9.17) is 0 Å². The van der Waals surface area contributed by atoms with Crippen LogP contribution < -0.4 is 0 Å². The summed E-state index contributed by atoms with van der Waals surface area (Å²) in [6.45, 7) is 5.98. The molecular formula is C12H16. The molecule has 0 N–H and O–H groups in total. The van der Waals surface area contributed by atoms with Crippen molar-refractivity contribution in [1.82, 2.24) is 0 Å². The highest BCUT2D eigenvalue weighted by atomic mass is 14.0. The first-order chi connectivity index (χ1) is 5.83. The summed E-state index contributed by atoms with van der Waals surface area (Å²) >= 11 is 0. The summed E-state index contributed by atoms with van der Waals surface area (Å²) in [5.41, 5.74) is 1.42. The molecular weight excluding hydrogens is 144 g/mol. The van der Waals surface area contributed by atoms with Gasteiger partial charge in [0.05, 0.1) is 0 Å². The van der Waals surface area contributed by atoms with Crippen molar-refractivity contribution in [3.05, 3.63) is 48.6 Å². The second kappa shape index (κ2) is 4.76. The van der Waals surface area contributed by atoms with Crippen LogP contribution in [0.5, 0.6) is 0 Å². The van der Waals surface area contributed by atoms with Crippen molar-refractivity contribution in [1.29, 1.82) is 0 Å². The van der Waals surface area contributed by atoms with Gasteiger partial charge in [-0.25, -0.2) is 0 Å². The largest absolute Gasteiger partial charge is 0.103 e. The Morgan fingerprint density at radius 1 is 1.33 bits per heavy atom. The minimum Gasteiger partial charge on any atom is -0.103 e. The van der Waals surface area contributed by atoms with Crippen molar-refractivity contribution in [2.24, 2.45) is 5.92 Å². The first-order valence-corrected chi connectivity index (χ1v) is 4.49. The van der Waals surface area contributed by atoms with Gasteiger partial charge in [0.2, 0.25) is 0 Å². The second-order valence-corrected chi connectivity index (χ2v) is 3.24. The normalized spacial score (nSPS) is 12.4. The number of allylic oxidation sites excluding steroid dienone is 1. The molecule has 0 unspecified atom stereocenters. The van der Waals surface area contributed by atoms with E-state index in [9.17, 15) is 0 Å². The highest BCUT2D eigenvalue weighted by molar-refractivity contribution is 5.14. The Bertz CT molecular complexity index is 223. The minimum atomic E-state index is 0.630. The quantitative estimate of drug-likeness (QED) is 0.592. The maximum atomic E-state index is 3.77. The fraction of sp³-hybridized carbons (Fsp3) is 0.333. The summed E-state index contributed by atoms with van der Waals surface area (Å²) in [6, 6.07) is 10.6. The van der Waals surface area contributed by atoms with E-state index in [0.717, 1.165) is 6.42 Å². The van der Waals surface area contributed by atoms with Gasteiger partial charge < -0.3 is 0 Å². The van der Waals surface area contributed by atoms with E-state index in [-0.39, 0.29) is 0 Å². The molecule has 0 spiro atoms. The maximum Gasteiger partial charge on any atom is -0.0261 e. The van der Waals surface area contributed by atoms with Gasteiger partial charge in [-0.2, -0.15) is 0 Å². The molecule has 12 heavy (non-hydrogen) atoms. The third kappa shape index (κ3) is 2.91. The Morgan fingerprint density at radius 3 is 2.58 bits per heavy atom. The zero-order chi connectivity index (χ0) is 8.81. The molecule has 0 amide bonds. The average Bonchev–Trinajstić information content (AvgIpc) is 2.16. The van der Waals surface area contributed by atoms with Crippen LogP contribution in [0.15, 0.2) is 43.0 Å². The van der Waals surface area contributed by atoms with Crippen LogP contribution >= 0.6 is 0 Å². The third-order valence-electron chi connectivity index (χ3n) is 2.13. The molecule has 1 aromatic carbocycles. The number of aryl methyl sites for hydroxylation is 1. The summed E-state index contributed by atoms with van der Waals surface area (Å²) in [4.78, 5) is 0. The number of rotatable bonds is 4. The minimum absolute atomic E-state index is 0.630. The van der Waals surface area contributed by atoms with Gasteiger partial charge in [0.15, 0.2) is 0 Å². The van der Waals surface area contributed by atoms with Gasteiger partial charge in [-0.1, -0.05) is 43.3 Å². The summed E-state index contributed by atoms with van der Waals surface area (Å²) in [6.07, 6.45) is 4.38. The topological polar surface area (TPSA) is 0 Å². The Balaban J connectivity index is 2.38. The summed E-state index contributed by atoms with van der Waals surface area (Å²) in [5.74, 6) is 0.630. The molecule has 0 aliphatic rings. The van der Waals surface area contributed by atoms with Crippen molar-refractivity contribution in [3.8, 4) is 0 Å². The van der Waals surface area contributed by atoms with Crippen molar-refractivity contribution >= 4 is 0 Å². The molecule has 1 aromatic rings. The van der Waals surface area contributed by atoms with Gasteiger partial charge in [-0.15, -0.1) is 6.58 Å². The molecule has 0 aliphatic carbocycles. The fourth-order valence-electron chi connectivity index (χ4n) is 1.16. The first-order valence-electron chi connectivity index (χ1n) is 4.49. The Morgan fingerprint density at radius 2 is 2.00 bits per heavy atom. The van der Waals surface area contributed by atoms with Crippen molar-refractivity contribution in [2.75, 3.05) is 0 Å². The van der Waals surface area contributed by atoms with Gasteiger partial charge in [-0.3, -0.25) is 0 Å². The predicted octanol–water partition coefficient (Wildman–Crippen LogP) is 3.44. The lowest BCUT2D eigenvalue weighted by Gasteiger charge is -2.04. The summed E-state index contributed by atoms with van der Waals surface area (Å²) < 4.78 is 0. The highest BCUT2D eigenvalue weighted by Crippen LogP contribution is 2.09. The molecule has 0 saturated heterocycles. The highest BCUT2D eigenvalue weighted by Gasteiger charge is 1.96. The number of benzene rings is 1. The van der Waals surface area contributed by atoms with Crippen molar-refractivity contribution < 1.29 is 0 Å². The predicted molar refractivity (Wildman–Crippen MR) is 54.1 cm³/mol. The van der Waals surface area contributed by atoms with Crippen LogP contribution in [-0.4, -0.2) is 0 Å². The van der Waals surface area contributed by atoms with Gasteiger partial charge >= 0.3 is 0 Å². The monoisotopic (exact) mass is 160 g/mol. The molecule has 0 nitrogen and oxygen atoms in total. The molecule has 0 saturated carbocycles. The lowest BCUT2D eigenvalue weighted by atomic mass is 10.0.